The molecule has 8 heteroatoms. The lowest BCUT2D eigenvalue weighted by Crippen LogP contribution is -2.15. The van der Waals surface area contributed by atoms with Gasteiger partial charge in [-0.2, -0.15) is 0 Å². The van der Waals surface area contributed by atoms with Gasteiger partial charge in [0.25, 0.3) is 5.91 Å². The number of hydrogen-bond donors (Lipinski definition) is 2. The maximum Gasteiger partial charge on any atom is 0.276 e. The first-order chi connectivity index (χ1) is 8.97. The summed E-state index contributed by atoms with van der Waals surface area (Å²) < 4.78 is 0.716. The topological polar surface area (TPSA) is 80.9 Å². The molecule has 0 aliphatic rings. The highest BCUT2D eigenvalue weighted by Gasteiger charge is 2.13. The van der Waals surface area contributed by atoms with Crippen LogP contribution in [-0.2, 0) is 0 Å². The van der Waals surface area contributed by atoms with Crippen molar-refractivity contribution in [3.8, 4) is 0 Å². The molecule has 0 aliphatic carbocycles. The van der Waals surface area contributed by atoms with Crippen LogP contribution in [0.4, 0.5) is 11.5 Å². The molecule has 1 amide bonds. The minimum absolute atomic E-state index is 0.115. The predicted molar refractivity (Wildman–Crippen MR) is 78.6 cm³/mol. The molecule has 0 saturated heterocycles. The number of nitrogen functional groups attached to an aromatic ring is 1. The Morgan fingerprint density at radius 2 is 1.84 bits per heavy atom. The van der Waals surface area contributed by atoms with Gasteiger partial charge in [0.05, 0.1) is 15.7 Å². The zero-order chi connectivity index (χ0) is 14.0. The zero-order valence-electron chi connectivity index (χ0n) is 9.32. The van der Waals surface area contributed by atoms with E-state index in [9.17, 15) is 4.79 Å². The average molecular weight is 362 g/mol. The molecule has 3 N–H and O–H groups in total. The Balaban J connectivity index is 2.26. The Morgan fingerprint density at radius 3 is 2.37 bits per heavy atom. The molecule has 2 aromatic rings. The van der Waals surface area contributed by atoms with Gasteiger partial charge in [-0.15, -0.1) is 10.2 Å². The molecule has 0 aliphatic heterocycles. The Kier molecular flexibility index (Phi) is 4.24. The molecule has 0 radical (unpaired) electrons. The van der Waals surface area contributed by atoms with E-state index in [4.69, 9.17) is 28.9 Å². The molecule has 0 atom stereocenters. The van der Waals surface area contributed by atoms with Crippen LogP contribution >= 0.6 is 39.1 Å². The second kappa shape index (κ2) is 5.73. The fourth-order valence-corrected chi connectivity index (χ4v) is 2.61. The first-order valence-corrected chi connectivity index (χ1v) is 6.57. The smallest absolute Gasteiger partial charge is 0.276 e. The van der Waals surface area contributed by atoms with E-state index in [0.29, 0.717) is 20.2 Å². The number of nitrogens with zero attached hydrogens (tertiary/aromatic N) is 2. The summed E-state index contributed by atoms with van der Waals surface area (Å²) in [5.74, 6) is -0.241. The highest BCUT2D eigenvalue weighted by Crippen LogP contribution is 2.33. The maximum absolute atomic E-state index is 11.9. The van der Waals surface area contributed by atoms with E-state index in [1.165, 1.54) is 12.1 Å². The molecule has 0 unspecified atom stereocenters. The fraction of sp³-hybridized carbons (Fsp3) is 0. The third kappa shape index (κ3) is 3.34. The van der Waals surface area contributed by atoms with Gasteiger partial charge in [-0.3, -0.25) is 4.79 Å². The Morgan fingerprint density at radius 1 is 1.21 bits per heavy atom. The van der Waals surface area contributed by atoms with Crippen molar-refractivity contribution >= 4 is 56.5 Å². The van der Waals surface area contributed by atoms with Gasteiger partial charge in [0.1, 0.15) is 5.82 Å². The number of halogens is 3. The van der Waals surface area contributed by atoms with E-state index in [0.717, 1.165) is 0 Å². The second-order valence-corrected chi connectivity index (χ2v) is 5.27. The van der Waals surface area contributed by atoms with Crippen molar-refractivity contribution in [1.29, 1.82) is 0 Å². The molecule has 1 heterocycles. The van der Waals surface area contributed by atoms with Gasteiger partial charge in [-0.25, -0.2) is 0 Å². The SMILES string of the molecule is Nc1ccc(C(=O)Nc2c(Cl)cc(Br)cc2Cl)nn1. The van der Waals surface area contributed by atoms with Gasteiger partial charge < -0.3 is 11.1 Å². The van der Waals surface area contributed by atoms with Crippen LogP contribution in [0.5, 0.6) is 0 Å². The van der Waals surface area contributed by atoms with E-state index in [1.807, 2.05) is 0 Å². The van der Waals surface area contributed by atoms with Crippen LogP contribution in [0.2, 0.25) is 10.0 Å². The molecule has 98 valence electrons. The summed E-state index contributed by atoms with van der Waals surface area (Å²) in [4.78, 5) is 11.9. The monoisotopic (exact) mass is 360 g/mol. The van der Waals surface area contributed by atoms with Gasteiger partial charge in [0, 0.05) is 4.47 Å². The Bertz CT molecular complexity index is 610. The number of aromatic nitrogens is 2. The lowest BCUT2D eigenvalue weighted by molar-refractivity contribution is 0.102. The van der Waals surface area contributed by atoms with Gasteiger partial charge in [-0.05, 0) is 24.3 Å². The van der Waals surface area contributed by atoms with Crippen molar-refractivity contribution in [3.05, 3.63) is 44.5 Å². The van der Waals surface area contributed by atoms with Gasteiger partial charge in [-0.1, -0.05) is 39.1 Å². The summed E-state index contributed by atoms with van der Waals surface area (Å²) >= 11 is 15.3. The van der Waals surface area contributed by atoms with E-state index >= 15 is 0 Å². The lowest BCUT2D eigenvalue weighted by Gasteiger charge is -2.09. The van der Waals surface area contributed by atoms with Gasteiger partial charge in [0.2, 0.25) is 0 Å². The van der Waals surface area contributed by atoms with Crippen LogP contribution in [0.15, 0.2) is 28.7 Å². The average Bonchev–Trinajstić information content (AvgIpc) is 2.34. The van der Waals surface area contributed by atoms with Gasteiger partial charge in [0.15, 0.2) is 5.69 Å². The highest BCUT2D eigenvalue weighted by molar-refractivity contribution is 9.10. The number of amides is 1. The van der Waals surface area contributed by atoms with Crippen LogP contribution in [0.25, 0.3) is 0 Å². The van der Waals surface area contributed by atoms with E-state index in [2.05, 4.69) is 31.4 Å². The van der Waals surface area contributed by atoms with Crippen LogP contribution in [0.1, 0.15) is 10.5 Å². The number of benzene rings is 1. The molecular weight excluding hydrogens is 355 g/mol. The summed E-state index contributed by atoms with van der Waals surface area (Å²) in [5.41, 5.74) is 5.82. The van der Waals surface area contributed by atoms with Crippen LogP contribution in [0.3, 0.4) is 0 Å². The summed E-state index contributed by atoms with van der Waals surface area (Å²) in [6, 6.07) is 6.18. The van der Waals surface area contributed by atoms with Crippen LogP contribution < -0.4 is 11.1 Å². The number of rotatable bonds is 2. The first-order valence-electron chi connectivity index (χ1n) is 5.02. The quantitative estimate of drug-likeness (QED) is 0.859. The highest BCUT2D eigenvalue weighted by atomic mass is 79.9. The lowest BCUT2D eigenvalue weighted by atomic mass is 10.3. The van der Waals surface area contributed by atoms with Crippen molar-refractivity contribution in [2.24, 2.45) is 0 Å². The third-order valence-corrected chi connectivity index (χ3v) is 3.22. The maximum atomic E-state index is 11.9. The molecule has 19 heavy (non-hydrogen) atoms. The Hall–Kier alpha value is -1.37. The molecule has 0 bridgehead atoms. The minimum atomic E-state index is -0.473. The second-order valence-electron chi connectivity index (χ2n) is 3.54. The minimum Gasteiger partial charge on any atom is -0.382 e. The molecule has 5 nitrogen and oxygen atoms in total. The van der Waals surface area contributed by atoms with Crippen molar-refractivity contribution in [2.45, 2.75) is 0 Å². The number of carbonyl (C=O) groups is 1. The van der Waals surface area contributed by atoms with E-state index in [1.54, 1.807) is 12.1 Å². The summed E-state index contributed by atoms with van der Waals surface area (Å²) in [6.45, 7) is 0. The van der Waals surface area contributed by atoms with Crippen LogP contribution in [0, 0.1) is 0 Å². The standard InChI is InChI=1S/C11H7BrCl2N4O/c12-5-3-6(13)10(7(14)4-5)16-11(19)8-1-2-9(15)18-17-8/h1-4H,(H2,15,18)(H,16,19). The number of nitrogens with one attached hydrogen (secondary N) is 1. The van der Waals surface area contributed by atoms with Crippen molar-refractivity contribution in [1.82, 2.24) is 10.2 Å². The molecule has 1 aromatic carbocycles. The first kappa shape index (κ1) is 14.0. The number of hydrogen-bond acceptors (Lipinski definition) is 4. The largest absolute Gasteiger partial charge is 0.382 e. The normalized spacial score (nSPS) is 10.3. The van der Waals surface area contributed by atoms with Gasteiger partial charge >= 0.3 is 0 Å². The molecule has 0 saturated carbocycles. The van der Waals surface area contributed by atoms with E-state index in [-0.39, 0.29) is 11.5 Å². The molecule has 2 rings (SSSR count). The fourth-order valence-electron chi connectivity index (χ4n) is 1.30. The summed E-state index contributed by atoms with van der Waals surface area (Å²) in [6.07, 6.45) is 0. The number of anilines is 2. The molecule has 0 spiro atoms. The summed E-state index contributed by atoms with van der Waals surface area (Å²) in [5, 5.41) is 10.5. The third-order valence-electron chi connectivity index (χ3n) is 2.16. The number of nitrogens with two attached hydrogens (primary N) is 1. The molecular formula is C11H7BrCl2N4O. The number of carbonyl (C=O) groups excluding carboxylic acids is 1. The van der Waals surface area contributed by atoms with Crippen LogP contribution in [-0.4, -0.2) is 16.1 Å². The zero-order valence-corrected chi connectivity index (χ0v) is 12.4. The Labute approximate surface area is 127 Å². The van der Waals surface area contributed by atoms with Crippen molar-refractivity contribution < 1.29 is 4.79 Å². The van der Waals surface area contributed by atoms with Crippen molar-refractivity contribution in [3.63, 3.8) is 0 Å². The van der Waals surface area contributed by atoms with Crippen molar-refractivity contribution in [2.75, 3.05) is 11.1 Å². The molecule has 1 aromatic heterocycles. The molecule has 0 fully saturated rings. The summed E-state index contributed by atoms with van der Waals surface area (Å²) in [7, 11) is 0. The van der Waals surface area contributed by atoms with E-state index < -0.39 is 5.91 Å². The predicted octanol–water partition coefficient (Wildman–Crippen LogP) is 3.38.